The molecule has 0 radical (unpaired) electrons. The molecule has 66 valence electrons. The van der Waals surface area contributed by atoms with Crippen LogP contribution in [0.3, 0.4) is 0 Å². The number of methoxy groups -OCH3 is 1. The third kappa shape index (κ3) is 1.48. The van der Waals surface area contributed by atoms with Gasteiger partial charge in [-0.3, -0.25) is 0 Å². The Kier molecular flexibility index (Phi) is 2.50. The van der Waals surface area contributed by atoms with E-state index in [0.29, 0.717) is 5.56 Å². The lowest BCUT2D eigenvalue weighted by molar-refractivity contribution is 0.350. The average Bonchev–Trinajstić information content (AvgIpc) is 2.03. The van der Waals surface area contributed by atoms with Crippen molar-refractivity contribution in [3.63, 3.8) is 0 Å². The molecule has 0 unspecified atom stereocenters. The van der Waals surface area contributed by atoms with E-state index < -0.39 is 5.82 Å². The molecule has 0 aliphatic carbocycles. The summed E-state index contributed by atoms with van der Waals surface area (Å²) in [7, 11) is 1.29. The van der Waals surface area contributed by atoms with Gasteiger partial charge in [-0.05, 0) is 17.7 Å². The quantitative estimate of drug-likeness (QED) is 0.697. The van der Waals surface area contributed by atoms with Crippen LogP contribution in [-0.2, 0) is 6.54 Å². The monoisotopic (exact) mass is 171 g/mol. The molecule has 0 saturated carbocycles. The zero-order chi connectivity index (χ0) is 9.14. The van der Waals surface area contributed by atoms with E-state index in [0.717, 1.165) is 0 Å². The number of nitrogens with two attached hydrogens (primary N) is 1. The standard InChI is InChI=1S/C8H10FNO2/c1-12-8-6(9)2-5(4-10)3-7(8)11/h2-3,11H,4,10H2,1H3. The van der Waals surface area contributed by atoms with E-state index in [1.165, 1.54) is 19.2 Å². The first kappa shape index (κ1) is 8.80. The SMILES string of the molecule is COc1c(O)cc(CN)cc1F. The minimum atomic E-state index is -0.599. The molecule has 0 atom stereocenters. The Morgan fingerprint density at radius 1 is 1.58 bits per heavy atom. The van der Waals surface area contributed by atoms with Gasteiger partial charge in [0.15, 0.2) is 17.3 Å². The zero-order valence-corrected chi connectivity index (χ0v) is 6.67. The number of hydrogen-bond acceptors (Lipinski definition) is 3. The molecule has 3 N–H and O–H groups in total. The lowest BCUT2D eigenvalue weighted by Crippen LogP contribution is -1.98. The molecule has 4 heteroatoms. The van der Waals surface area contributed by atoms with Crippen LogP contribution in [0, 0.1) is 5.82 Å². The third-order valence-electron chi connectivity index (χ3n) is 1.52. The van der Waals surface area contributed by atoms with Crippen LogP contribution < -0.4 is 10.5 Å². The van der Waals surface area contributed by atoms with E-state index in [2.05, 4.69) is 4.74 Å². The van der Waals surface area contributed by atoms with Crippen molar-refractivity contribution >= 4 is 0 Å². The summed E-state index contributed by atoms with van der Waals surface area (Å²) in [5.41, 5.74) is 5.79. The second-order valence-electron chi connectivity index (χ2n) is 2.33. The number of rotatable bonds is 2. The number of halogens is 1. The van der Waals surface area contributed by atoms with E-state index in [1.807, 2.05) is 0 Å². The van der Waals surface area contributed by atoms with E-state index in [-0.39, 0.29) is 18.0 Å². The molecule has 0 aliphatic heterocycles. The Labute approximate surface area is 69.6 Å². The van der Waals surface area contributed by atoms with E-state index in [1.54, 1.807) is 0 Å². The van der Waals surface area contributed by atoms with Crippen LogP contribution in [0.4, 0.5) is 4.39 Å². The van der Waals surface area contributed by atoms with E-state index >= 15 is 0 Å². The van der Waals surface area contributed by atoms with Crippen molar-refractivity contribution < 1.29 is 14.2 Å². The number of hydrogen-bond donors (Lipinski definition) is 2. The third-order valence-corrected chi connectivity index (χ3v) is 1.52. The molecular formula is C8H10FNO2. The second kappa shape index (κ2) is 3.40. The highest BCUT2D eigenvalue weighted by Crippen LogP contribution is 2.29. The van der Waals surface area contributed by atoms with Crippen LogP contribution in [0.2, 0.25) is 0 Å². The summed E-state index contributed by atoms with van der Waals surface area (Å²) in [4.78, 5) is 0. The molecule has 0 fully saturated rings. The van der Waals surface area contributed by atoms with Crippen LogP contribution in [0.15, 0.2) is 12.1 Å². The largest absolute Gasteiger partial charge is 0.504 e. The van der Waals surface area contributed by atoms with Crippen LogP contribution in [0.1, 0.15) is 5.56 Å². The van der Waals surface area contributed by atoms with E-state index in [4.69, 9.17) is 5.73 Å². The fraction of sp³-hybridized carbons (Fsp3) is 0.250. The molecule has 0 aromatic heterocycles. The first-order chi connectivity index (χ1) is 5.69. The Hall–Kier alpha value is -1.29. The Morgan fingerprint density at radius 2 is 2.25 bits per heavy atom. The summed E-state index contributed by atoms with van der Waals surface area (Å²) in [6, 6.07) is 2.61. The van der Waals surface area contributed by atoms with Gasteiger partial charge in [0.2, 0.25) is 0 Å². The molecule has 0 amide bonds. The Bertz CT molecular complexity index is 265. The van der Waals surface area contributed by atoms with Crippen molar-refractivity contribution in [1.82, 2.24) is 0 Å². The lowest BCUT2D eigenvalue weighted by Gasteiger charge is -2.05. The number of phenols is 1. The fourth-order valence-corrected chi connectivity index (χ4v) is 0.953. The van der Waals surface area contributed by atoms with Crippen molar-refractivity contribution in [1.29, 1.82) is 0 Å². The maximum atomic E-state index is 13.0. The molecule has 1 rings (SSSR count). The van der Waals surface area contributed by atoms with Crippen molar-refractivity contribution in [2.45, 2.75) is 6.54 Å². The van der Waals surface area contributed by atoms with Gasteiger partial charge < -0.3 is 15.6 Å². The van der Waals surface area contributed by atoms with Crippen molar-refractivity contribution in [2.75, 3.05) is 7.11 Å². The lowest BCUT2D eigenvalue weighted by atomic mass is 10.2. The summed E-state index contributed by atoms with van der Waals surface area (Å²) in [6.07, 6.45) is 0. The normalized spacial score (nSPS) is 9.92. The van der Waals surface area contributed by atoms with Crippen LogP contribution >= 0.6 is 0 Å². The van der Waals surface area contributed by atoms with Crippen molar-refractivity contribution in [3.05, 3.63) is 23.5 Å². The van der Waals surface area contributed by atoms with Crippen molar-refractivity contribution in [2.24, 2.45) is 5.73 Å². The summed E-state index contributed by atoms with van der Waals surface area (Å²) < 4.78 is 17.6. The first-order valence-corrected chi connectivity index (χ1v) is 3.44. The maximum Gasteiger partial charge on any atom is 0.196 e. The van der Waals surface area contributed by atoms with Gasteiger partial charge in [0.25, 0.3) is 0 Å². The van der Waals surface area contributed by atoms with Gasteiger partial charge >= 0.3 is 0 Å². The predicted molar refractivity (Wildman–Crippen MR) is 42.5 cm³/mol. The topological polar surface area (TPSA) is 55.5 Å². The molecular weight excluding hydrogens is 161 g/mol. The van der Waals surface area contributed by atoms with Gasteiger partial charge in [0.05, 0.1) is 7.11 Å². The summed E-state index contributed by atoms with van der Waals surface area (Å²) in [5, 5.41) is 9.18. The number of benzene rings is 1. The molecule has 0 bridgehead atoms. The smallest absolute Gasteiger partial charge is 0.196 e. The highest BCUT2D eigenvalue weighted by Gasteiger charge is 2.09. The second-order valence-corrected chi connectivity index (χ2v) is 2.33. The number of ether oxygens (including phenoxy) is 1. The molecule has 0 heterocycles. The molecule has 3 nitrogen and oxygen atoms in total. The average molecular weight is 171 g/mol. The predicted octanol–water partition coefficient (Wildman–Crippen LogP) is 0.999. The molecule has 0 spiro atoms. The van der Waals surface area contributed by atoms with Gasteiger partial charge in [-0.2, -0.15) is 0 Å². The van der Waals surface area contributed by atoms with Crippen LogP contribution in [-0.4, -0.2) is 12.2 Å². The van der Waals surface area contributed by atoms with Gasteiger partial charge in [0.1, 0.15) is 0 Å². The number of aromatic hydroxyl groups is 1. The van der Waals surface area contributed by atoms with Crippen molar-refractivity contribution in [3.8, 4) is 11.5 Å². The van der Waals surface area contributed by atoms with Gasteiger partial charge in [-0.15, -0.1) is 0 Å². The highest BCUT2D eigenvalue weighted by molar-refractivity contribution is 5.42. The molecule has 12 heavy (non-hydrogen) atoms. The van der Waals surface area contributed by atoms with Gasteiger partial charge in [-0.25, -0.2) is 4.39 Å². The minimum Gasteiger partial charge on any atom is -0.504 e. The number of phenolic OH excluding ortho intramolecular Hbond substituents is 1. The van der Waals surface area contributed by atoms with Gasteiger partial charge in [0, 0.05) is 6.54 Å². The maximum absolute atomic E-state index is 13.0. The van der Waals surface area contributed by atoms with Crippen LogP contribution in [0.25, 0.3) is 0 Å². The summed E-state index contributed by atoms with van der Waals surface area (Å²) in [5.74, 6) is -0.969. The Morgan fingerprint density at radius 3 is 2.67 bits per heavy atom. The summed E-state index contributed by atoms with van der Waals surface area (Å²) >= 11 is 0. The molecule has 0 saturated heterocycles. The van der Waals surface area contributed by atoms with Crippen LogP contribution in [0.5, 0.6) is 11.5 Å². The van der Waals surface area contributed by atoms with Gasteiger partial charge in [-0.1, -0.05) is 0 Å². The summed E-state index contributed by atoms with van der Waals surface area (Å²) in [6.45, 7) is 0.189. The first-order valence-electron chi connectivity index (χ1n) is 3.44. The Balaban J connectivity index is 3.18. The highest BCUT2D eigenvalue weighted by atomic mass is 19.1. The zero-order valence-electron chi connectivity index (χ0n) is 6.67. The molecule has 1 aromatic rings. The molecule has 0 aliphatic rings. The molecule has 1 aromatic carbocycles. The van der Waals surface area contributed by atoms with E-state index in [9.17, 15) is 9.50 Å². The minimum absolute atomic E-state index is 0.146. The fourth-order valence-electron chi connectivity index (χ4n) is 0.953.